The van der Waals surface area contributed by atoms with E-state index in [1.807, 2.05) is 6.07 Å². The summed E-state index contributed by atoms with van der Waals surface area (Å²) in [6.45, 7) is 11.3. The summed E-state index contributed by atoms with van der Waals surface area (Å²) in [5, 5.41) is 5.69. The Morgan fingerprint density at radius 3 is 2.43 bits per heavy atom. The van der Waals surface area contributed by atoms with Gasteiger partial charge in [0.15, 0.2) is 0 Å². The summed E-state index contributed by atoms with van der Waals surface area (Å²) in [6.07, 6.45) is 2.83. The van der Waals surface area contributed by atoms with Crippen LogP contribution in [0.2, 0.25) is 0 Å². The van der Waals surface area contributed by atoms with Crippen LogP contribution in [0, 0.1) is 0 Å². The number of nitrogens with zero attached hydrogens (tertiary/aromatic N) is 1. The molecule has 1 heterocycles. The zero-order valence-electron chi connectivity index (χ0n) is 17.9. The molecule has 1 aliphatic rings. The van der Waals surface area contributed by atoms with Gasteiger partial charge in [-0.05, 0) is 59.6 Å². The van der Waals surface area contributed by atoms with Gasteiger partial charge in [-0.2, -0.15) is 0 Å². The summed E-state index contributed by atoms with van der Waals surface area (Å²) in [5.74, 6) is -0.205. The third kappa shape index (κ3) is 7.15. The molecule has 2 N–H and O–H groups in total. The fraction of sp³-hybridized carbons (Fsp3) is 0.636. The molecule has 1 aliphatic heterocycles. The van der Waals surface area contributed by atoms with Gasteiger partial charge in [-0.3, -0.25) is 9.69 Å². The molecule has 6 heteroatoms. The number of rotatable bonds is 6. The predicted octanol–water partition coefficient (Wildman–Crippen LogP) is 3.46. The van der Waals surface area contributed by atoms with E-state index < -0.39 is 17.2 Å². The van der Waals surface area contributed by atoms with Crippen LogP contribution in [-0.4, -0.2) is 47.2 Å². The van der Waals surface area contributed by atoms with E-state index in [2.05, 4.69) is 39.8 Å². The quantitative estimate of drug-likeness (QED) is 0.782. The van der Waals surface area contributed by atoms with Gasteiger partial charge in [0.1, 0.15) is 11.1 Å². The van der Waals surface area contributed by atoms with Crippen molar-refractivity contribution in [3.05, 3.63) is 35.9 Å². The highest BCUT2D eigenvalue weighted by Crippen LogP contribution is 2.19. The third-order valence-electron chi connectivity index (χ3n) is 4.86. The van der Waals surface area contributed by atoms with Gasteiger partial charge >= 0.3 is 6.09 Å². The topological polar surface area (TPSA) is 70.7 Å². The molecule has 0 bridgehead atoms. The van der Waals surface area contributed by atoms with E-state index in [0.29, 0.717) is 12.6 Å². The molecule has 0 aromatic heterocycles. The number of ether oxygens (including phenoxy) is 1. The van der Waals surface area contributed by atoms with Gasteiger partial charge in [0.05, 0.1) is 0 Å². The van der Waals surface area contributed by atoms with Gasteiger partial charge in [0.25, 0.3) is 0 Å². The van der Waals surface area contributed by atoms with Crippen molar-refractivity contribution in [2.45, 2.75) is 77.6 Å². The van der Waals surface area contributed by atoms with Crippen LogP contribution in [-0.2, 0) is 16.1 Å². The van der Waals surface area contributed by atoms with Gasteiger partial charge < -0.3 is 15.4 Å². The number of amides is 2. The highest BCUT2D eigenvalue weighted by Gasteiger charge is 2.32. The lowest BCUT2D eigenvalue weighted by Gasteiger charge is -2.36. The van der Waals surface area contributed by atoms with E-state index in [4.69, 9.17) is 4.74 Å². The van der Waals surface area contributed by atoms with E-state index in [-0.39, 0.29) is 5.91 Å². The first-order chi connectivity index (χ1) is 13.1. The second-order valence-electron chi connectivity index (χ2n) is 9.07. The number of likely N-dealkylation sites (tertiary alicyclic amines) is 1. The van der Waals surface area contributed by atoms with Crippen LogP contribution in [0.1, 0.15) is 59.4 Å². The standard InChI is InChI=1S/C22H35N3O3/c1-21(2,3)28-20(27)24-22(4,5)19(26)23-15-18-13-9-10-14-25(18)16-17-11-7-6-8-12-17/h6-8,11-12,18H,9-10,13-16H2,1-5H3,(H,23,26)(H,24,27). The number of hydrogen-bond donors (Lipinski definition) is 2. The molecule has 28 heavy (non-hydrogen) atoms. The second kappa shape index (κ2) is 9.41. The predicted molar refractivity (Wildman–Crippen MR) is 111 cm³/mol. The Kier molecular flexibility index (Phi) is 7.47. The number of alkyl carbamates (subject to hydrolysis) is 1. The molecule has 1 atom stereocenters. The number of nitrogens with one attached hydrogen (secondary N) is 2. The van der Waals surface area contributed by atoms with Crippen molar-refractivity contribution in [2.75, 3.05) is 13.1 Å². The first kappa shape index (κ1) is 22.2. The monoisotopic (exact) mass is 389 g/mol. The molecular weight excluding hydrogens is 354 g/mol. The number of hydrogen-bond acceptors (Lipinski definition) is 4. The molecule has 1 fully saturated rings. The molecule has 2 amide bonds. The minimum atomic E-state index is -1.04. The lowest BCUT2D eigenvalue weighted by atomic mass is 10.00. The van der Waals surface area contributed by atoms with Crippen LogP contribution in [0.25, 0.3) is 0 Å². The Labute approximate surface area is 169 Å². The summed E-state index contributed by atoms with van der Waals surface area (Å²) in [4.78, 5) is 27.1. The summed E-state index contributed by atoms with van der Waals surface area (Å²) >= 11 is 0. The molecule has 0 radical (unpaired) electrons. The van der Waals surface area contributed by atoms with Crippen LogP contribution < -0.4 is 10.6 Å². The first-order valence-electron chi connectivity index (χ1n) is 10.1. The van der Waals surface area contributed by atoms with Crippen molar-refractivity contribution in [1.29, 1.82) is 0 Å². The van der Waals surface area contributed by atoms with E-state index in [9.17, 15) is 9.59 Å². The van der Waals surface area contributed by atoms with Gasteiger partial charge in [0, 0.05) is 19.1 Å². The largest absolute Gasteiger partial charge is 0.444 e. The Morgan fingerprint density at radius 2 is 1.79 bits per heavy atom. The maximum Gasteiger partial charge on any atom is 0.408 e. The average molecular weight is 390 g/mol. The summed E-state index contributed by atoms with van der Waals surface area (Å²) in [5.41, 5.74) is -0.356. The minimum absolute atomic E-state index is 0.205. The van der Waals surface area contributed by atoms with Gasteiger partial charge in [-0.25, -0.2) is 4.79 Å². The maximum atomic E-state index is 12.7. The van der Waals surface area contributed by atoms with Crippen molar-refractivity contribution in [3.8, 4) is 0 Å². The number of benzene rings is 1. The Hall–Kier alpha value is -2.08. The van der Waals surface area contributed by atoms with Gasteiger partial charge in [0.2, 0.25) is 5.91 Å². The lowest BCUT2D eigenvalue weighted by Crippen LogP contribution is -2.57. The van der Waals surface area contributed by atoms with Crippen LogP contribution in [0.15, 0.2) is 30.3 Å². The molecule has 156 valence electrons. The fourth-order valence-electron chi connectivity index (χ4n) is 3.36. The highest BCUT2D eigenvalue weighted by molar-refractivity contribution is 5.89. The van der Waals surface area contributed by atoms with Crippen LogP contribution in [0.3, 0.4) is 0 Å². The molecule has 0 aliphatic carbocycles. The molecule has 1 aromatic rings. The Bertz CT molecular complexity index is 653. The van der Waals surface area contributed by atoms with Gasteiger partial charge in [-0.15, -0.1) is 0 Å². The van der Waals surface area contributed by atoms with Crippen LogP contribution in [0.5, 0.6) is 0 Å². The summed E-state index contributed by atoms with van der Waals surface area (Å²) < 4.78 is 5.26. The number of carbonyl (C=O) groups is 2. The normalized spacial score (nSPS) is 18.4. The zero-order chi connectivity index (χ0) is 20.8. The highest BCUT2D eigenvalue weighted by atomic mass is 16.6. The SMILES string of the molecule is CC(C)(C)OC(=O)NC(C)(C)C(=O)NCC1CCCCN1Cc1ccccc1. The first-order valence-corrected chi connectivity index (χ1v) is 10.1. The summed E-state index contributed by atoms with van der Waals surface area (Å²) in [6, 6.07) is 10.7. The molecule has 0 spiro atoms. The Balaban J connectivity index is 1.89. The van der Waals surface area contributed by atoms with Crippen LogP contribution >= 0.6 is 0 Å². The van der Waals surface area contributed by atoms with E-state index in [1.54, 1.807) is 34.6 Å². The zero-order valence-corrected chi connectivity index (χ0v) is 17.9. The van der Waals surface area contributed by atoms with E-state index >= 15 is 0 Å². The van der Waals surface area contributed by atoms with Crippen molar-refractivity contribution in [3.63, 3.8) is 0 Å². The minimum Gasteiger partial charge on any atom is -0.444 e. The van der Waals surface area contributed by atoms with E-state index in [0.717, 1.165) is 19.5 Å². The molecule has 1 aromatic carbocycles. The molecule has 6 nitrogen and oxygen atoms in total. The third-order valence-corrected chi connectivity index (χ3v) is 4.86. The lowest BCUT2D eigenvalue weighted by molar-refractivity contribution is -0.126. The van der Waals surface area contributed by atoms with Crippen LogP contribution in [0.4, 0.5) is 4.79 Å². The smallest absolute Gasteiger partial charge is 0.408 e. The molecule has 0 saturated carbocycles. The van der Waals surface area contributed by atoms with E-state index in [1.165, 1.54) is 18.4 Å². The molecule has 1 saturated heterocycles. The molecule has 2 rings (SSSR count). The van der Waals surface area contributed by atoms with Crippen molar-refractivity contribution in [2.24, 2.45) is 0 Å². The maximum absolute atomic E-state index is 12.7. The van der Waals surface area contributed by atoms with Crippen molar-refractivity contribution in [1.82, 2.24) is 15.5 Å². The summed E-state index contributed by atoms with van der Waals surface area (Å²) in [7, 11) is 0. The second-order valence-corrected chi connectivity index (χ2v) is 9.07. The number of piperidine rings is 1. The Morgan fingerprint density at radius 1 is 1.11 bits per heavy atom. The number of carbonyl (C=O) groups excluding carboxylic acids is 2. The fourth-order valence-corrected chi connectivity index (χ4v) is 3.36. The molecular formula is C22H35N3O3. The molecule has 1 unspecified atom stereocenters. The van der Waals surface area contributed by atoms with Gasteiger partial charge in [-0.1, -0.05) is 36.8 Å². The van der Waals surface area contributed by atoms with Crippen molar-refractivity contribution >= 4 is 12.0 Å². The van der Waals surface area contributed by atoms with Crippen molar-refractivity contribution < 1.29 is 14.3 Å². The average Bonchev–Trinajstić information content (AvgIpc) is 2.59.